The van der Waals surface area contributed by atoms with E-state index >= 15 is 0 Å². The molecule has 0 saturated heterocycles. The van der Waals surface area contributed by atoms with Crippen molar-refractivity contribution in [3.05, 3.63) is 35.9 Å². The first-order chi connectivity index (χ1) is 10.3. The summed E-state index contributed by atoms with van der Waals surface area (Å²) in [5, 5.41) is 3.36. The summed E-state index contributed by atoms with van der Waals surface area (Å²) in [6, 6.07) is 10.6. The highest BCUT2D eigenvalue weighted by Gasteiger charge is 2.13. The lowest BCUT2D eigenvalue weighted by Crippen LogP contribution is -2.40. The molecule has 1 aromatic carbocycles. The van der Waals surface area contributed by atoms with Crippen LogP contribution in [-0.2, 0) is 4.74 Å². The number of nitrogens with one attached hydrogen (secondary N) is 1. The van der Waals surface area contributed by atoms with E-state index in [0.29, 0.717) is 18.5 Å². The Bertz CT molecular complexity index is 431. The summed E-state index contributed by atoms with van der Waals surface area (Å²) in [5.74, 6) is 0.542. The Morgan fingerprint density at radius 3 is 2.45 bits per heavy atom. The molecule has 3 N–H and O–H groups in total. The summed E-state index contributed by atoms with van der Waals surface area (Å²) < 4.78 is 5.51. The molecule has 1 aliphatic carbocycles. The molecule has 5 heteroatoms. The zero-order valence-corrected chi connectivity index (χ0v) is 15.7. The molecule has 22 heavy (non-hydrogen) atoms. The zero-order chi connectivity index (χ0) is 14.9. The van der Waals surface area contributed by atoms with Crippen LogP contribution in [0, 0.1) is 0 Å². The maximum absolute atomic E-state index is 6.02. The number of nitrogens with two attached hydrogens (primary N) is 1. The topological polar surface area (TPSA) is 59.6 Å². The van der Waals surface area contributed by atoms with E-state index in [1.165, 1.54) is 38.5 Å². The lowest BCUT2D eigenvalue weighted by Gasteiger charge is -2.18. The van der Waals surface area contributed by atoms with Crippen LogP contribution in [0.25, 0.3) is 0 Å². The predicted molar refractivity (Wildman–Crippen MR) is 103 cm³/mol. The van der Waals surface area contributed by atoms with Gasteiger partial charge in [-0.1, -0.05) is 56.0 Å². The van der Waals surface area contributed by atoms with Crippen molar-refractivity contribution in [1.82, 2.24) is 5.32 Å². The second-order valence-electron chi connectivity index (χ2n) is 5.69. The molecular weight excluding hydrogens is 389 g/mol. The number of rotatable bonds is 5. The van der Waals surface area contributed by atoms with Gasteiger partial charge in [0.15, 0.2) is 5.96 Å². The number of nitrogens with zero attached hydrogens (tertiary/aromatic N) is 1. The third kappa shape index (κ3) is 6.52. The lowest BCUT2D eigenvalue weighted by molar-refractivity contribution is 0.111. The quantitative estimate of drug-likeness (QED) is 0.333. The molecule has 1 atom stereocenters. The lowest BCUT2D eigenvalue weighted by atomic mass is 10.1. The number of hydrogen-bond acceptors (Lipinski definition) is 2. The number of guanidine groups is 1. The normalized spacial score (nSPS) is 18.1. The van der Waals surface area contributed by atoms with Crippen molar-refractivity contribution in [2.75, 3.05) is 13.7 Å². The van der Waals surface area contributed by atoms with Crippen molar-refractivity contribution in [3.63, 3.8) is 0 Å². The van der Waals surface area contributed by atoms with Crippen molar-refractivity contribution in [3.8, 4) is 0 Å². The van der Waals surface area contributed by atoms with Crippen molar-refractivity contribution in [1.29, 1.82) is 0 Å². The van der Waals surface area contributed by atoms with Gasteiger partial charge in [0, 0.05) is 13.2 Å². The Kier molecular flexibility index (Phi) is 9.47. The van der Waals surface area contributed by atoms with Crippen LogP contribution in [0.4, 0.5) is 0 Å². The molecule has 0 aromatic heterocycles. The number of methoxy groups -OCH3 is 1. The Balaban J connectivity index is 0.00000242. The van der Waals surface area contributed by atoms with Crippen LogP contribution >= 0.6 is 24.0 Å². The van der Waals surface area contributed by atoms with Crippen LogP contribution < -0.4 is 11.1 Å². The highest BCUT2D eigenvalue weighted by molar-refractivity contribution is 14.0. The molecular formula is C17H28IN3O. The standard InChI is InChI=1S/C17H27N3O.HI/c1-21-16(14-9-5-4-6-10-14)13-19-17(18)20-15-11-7-2-3-8-12-15;/h4-6,9-10,15-16H,2-3,7-8,11-13H2,1H3,(H3,18,19,20);1H. The minimum absolute atomic E-state index is 0. The van der Waals surface area contributed by atoms with Crippen molar-refractivity contribution < 1.29 is 4.74 Å². The van der Waals surface area contributed by atoms with E-state index < -0.39 is 0 Å². The van der Waals surface area contributed by atoms with Crippen LogP contribution in [0.5, 0.6) is 0 Å². The van der Waals surface area contributed by atoms with E-state index in [4.69, 9.17) is 10.5 Å². The summed E-state index contributed by atoms with van der Waals surface area (Å²) >= 11 is 0. The summed E-state index contributed by atoms with van der Waals surface area (Å²) in [4.78, 5) is 4.45. The van der Waals surface area contributed by atoms with Crippen LogP contribution in [-0.4, -0.2) is 25.7 Å². The number of halogens is 1. The fourth-order valence-corrected chi connectivity index (χ4v) is 2.84. The van der Waals surface area contributed by atoms with Crippen molar-refractivity contribution >= 4 is 29.9 Å². The van der Waals surface area contributed by atoms with Crippen LogP contribution in [0.3, 0.4) is 0 Å². The zero-order valence-electron chi connectivity index (χ0n) is 13.3. The van der Waals surface area contributed by atoms with E-state index in [-0.39, 0.29) is 30.1 Å². The molecule has 2 rings (SSSR count). The van der Waals surface area contributed by atoms with Gasteiger partial charge in [0.1, 0.15) is 6.10 Å². The minimum Gasteiger partial charge on any atom is -0.375 e. The number of benzene rings is 1. The fraction of sp³-hybridized carbons (Fsp3) is 0.588. The van der Waals surface area contributed by atoms with Gasteiger partial charge < -0.3 is 15.8 Å². The third-order valence-corrected chi connectivity index (χ3v) is 4.09. The van der Waals surface area contributed by atoms with E-state index in [1.54, 1.807) is 7.11 Å². The molecule has 0 aliphatic heterocycles. The Hall–Kier alpha value is -0.820. The molecule has 0 spiro atoms. The van der Waals surface area contributed by atoms with Gasteiger partial charge in [0.25, 0.3) is 0 Å². The number of ether oxygens (including phenoxy) is 1. The monoisotopic (exact) mass is 417 g/mol. The first-order valence-electron chi connectivity index (χ1n) is 7.94. The molecule has 0 heterocycles. The molecule has 1 unspecified atom stereocenters. The average Bonchev–Trinajstić information content (AvgIpc) is 2.77. The van der Waals surface area contributed by atoms with Crippen LogP contribution in [0.1, 0.15) is 50.2 Å². The van der Waals surface area contributed by atoms with Crippen molar-refractivity contribution in [2.45, 2.75) is 50.7 Å². The second kappa shape index (κ2) is 10.8. The summed E-state index contributed by atoms with van der Waals surface area (Å²) in [5.41, 5.74) is 7.15. The smallest absolute Gasteiger partial charge is 0.188 e. The van der Waals surface area contributed by atoms with Gasteiger partial charge in [-0.05, 0) is 18.4 Å². The molecule has 0 radical (unpaired) electrons. The third-order valence-electron chi connectivity index (χ3n) is 4.09. The Morgan fingerprint density at radius 1 is 1.23 bits per heavy atom. The molecule has 1 aliphatic rings. The maximum Gasteiger partial charge on any atom is 0.188 e. The van der Waals surface area contributed by atoms with Gasteiger partial charge in [0.2, 0.25) is 0 Å². The molecule has 1 fully saturated rings. The molecule has 0 amide bonds. The highest BCUT2D eigenvalue weighted by Crippen LogP contribution is 2.18. The van der Waals surface area contributed by atoms with Gasteiger partial charge >= 0.3 is 0 Å². The fourth-order valence-electron chi connectivity index (χ4n) is 2.84. The van der Waals surface area contributed by atoms with E-state index in [9.17, 15) is 0 Å². The first kappa shape index (κ1) is 19.2. The summed E-state index contributed by atoms with van der Waals surface area (Å²) in [6.07, 6.45) is 7.61. The number of hydrogen-bond donors (Lipinski definition) is 2. The van der Waals surface area contributed by atoms with Crippen molar-refractivity contribution in [2.24, 2.45) is 10.7 Å². The SMILES string of the molecule is COC(CN=C(N)NC1CCCCCC1)c1ccccc1.I. The first-order valence-corrected chi connectivity index (χ1v) is 7.94. The van der Waals surface area contributed by atoms with Crippen LogP contribution in [0.2, 0.25) is 0 Å². The molecule has 1 aromatic rings. The molecule has 0 bridgehead atoms. The van der Waals surface area contributed by atoms with Gasteiger partial charge in [0.05, 0.1) is 6.54 Å². The van der Waals surface area contributed by atoms with Gasteiger partial charge in [-0.25, -0.2) is 0 Å². The Labute approximate surface area is 150 Å². The highest BCUT2D eigenvalue weighted by atomic mass is 127. The van der Waals surface area contributed by atoms with E-state index in [0.717, 1.165) is 5.56 Å². The second-order valence-corrected chi connectivity index (χ2v) is 5.69. The number of aliphatic imine (C=N–C) groups is 1. The average molecular weight is 417 g/mol. The van der Waals surface area contributed by atoms with Crippen LogP contribution in [0.15, 0.2) is 35.3 Å². The van der Waals surface area contributed by atoms with Gasteiger partial charge in [-0.15, -0.1) is 24.0 Å². The van der Waals surface area contributed by atoms with Gasteiger partial charge in [-0.2, -0.15) is 0 Å². The maximum atomic E-state index is 6.02. The predicted octanol–water partition coefficient (Wildman–Crippen LogP) is 3.62. The molecule has 4 nitrogen and oxygen atoms in total. The summed E-state index contributed by atoms with van der Waals surface area (Å²) in [6.45, 7) is 0.548. The van der Waals surface area contributed by atoms with Gasteiger partial charge in [-0.3, -0.25) is 4.99 Å². The summed E-state index contributed by atoms with van der Waals surface area (Å²) in [7, 11) is 1.71. The molecule has 1 saturated carbocycles. The largest absolute Gasteiger partial charge is 0.375 e. The van der Waals surface area contributed by atoms with E-state index in [1.807, 2.05) is 18.2 Å². The Morgan fingerprint density at radius 2 is 1.86 bits per heavy atom. The minimum atomic E-state index is -0.0410. The van der Waals surface area contributed by atoms with E-state index in [2.05, 4.69) is 22.4 Å². The molecule has 124 valence electrons.